The molecule has 0 aliphatic rings. The number of amides is 1. The van der Waals surface area contributed by atoms with Gasteiger partial charge in [0.1, 0.15) is 0 Å². The summed E-state index contributed by atoms with van der Waals surface area (Å²) < 4.78 is 0. The number of Topliss-reactive ketones (excluding diaryl/α,β-unsaturated/α-hetero) is 1. The lowest BCUT2D eigenvalue weighted by Gasteiger charge is -2.11. The predicted molar refractivity (Wildman–Crippen MR) is 68.8 cm³/mol. The maximum atomic E-state index is 11.5. The SMILES string of the molecule is C\C=N/C=C(NC)/C(C)=C(/CNC=O)C(C)=O. The number of carbonyl (C=O) groups excluding carboxylic acids is 2. The van der Waals surface area contributed by atoms with Crippen LogP contribution in [-0.2, 0) is 9.59 Å². The van der Waals surface area contributed by atoms with Crippen LogP contribution in [0.2, 0.25) is 0 Å². The average molecular weight is 237 g/mol. The molecule has 1 amide bonds. The van der Waals surface area contributed by atoms with E-state index in [9.17, 15) is 9.59 Å². The number of nitrogens with one attached hydrogen (secondary N) is 2. The van der Waals surface area contributed by atoms with Crippen molar-refractivity contribution in [3.8, 4) is 0 Å². The predicted octanol–water partition coefficient (Wildman–Crippen LogP) is 0.789. The molecule has 0 heterocycles. The van der Waals surface area contributed by atoms with Gasteiger partial charge in [0.2, 0.25) is 6.41 Å². The number of hydrogen-bond acceptors (Lipinski definition) is 4. The van der Waals surface area contributed by atoms with E-state index in [-0.39, 0.29) is 12.3 Å². The molecule has 17 heavy (non-hydrogen) atoms. The second kappa shape index (κ2) is 8.27. The van der Waals surface area contributed by atoms with E-state index >= 15 is 0 Å². The summed E-state index contributed by atoms with van der Waals surface area (Å²) in [6.07, 6.45) is 3.87. The fourth-order valence-electron chi connectivity index (χ4n) is 1.33. The first-order valence-electron chi connectivity index (χ1n) is 5.32. The van der Waals surface area contributed by atoms with Crippen LogP contribution < -0.4 is 10.6 Å². The van der Waals surface area contributed by atoms with Crippen LogP contribution in [0.4, 0.5) is 0 Å². The summed E-state index contributed by atoms with van der Waals surface area (Å²) in [5.41, 5.74) is 2.09. The highest BCUT2D eigenvalue weighted by Crippen LogP contribution is 2.12. The summed E-state index contributed by atoms with van der Waals surface area (Å²) in [5.74, 6) is -0.0709. The molecule has 0 atom stereocenters. The first-order valence-corrected chi connectivity index (χ1v) is 5.32. The van der Waals surface area contributed by atoms with Crippen molar-refractivity contribution < 1.29 is 9.59 Å². The van der Waals surface area contributed by atoms with E-state index < -0.39 is 0 Å². The van der Waals surface area contributed by atoms with Crippen LogP contribution in [0.5, 0.6) is 0 Å². The molecule has 0 aliphatic heterocycles. The van der Waals surface area contributed by atoms with E-state index in [4.69, 9.17) is 0 Å². The smallest absolute Gasteiger partial charge is 0.207 e. The minimum atomic E-state index is -0.0709. The Bertz CT molecular complexity index is 368. The summed E-state index contributed by atoms with van der Waals surface area (Å²) >= 11 is 0. The van der Waals surface area contributed by atoms with Gasteiger partial charge in [0.15, 0.2) is 5.78 Å². The summed E-state index contributed by atoms with van der Waals surface area (Å²) in [5, 5.41) is 5.46. The monoisotopic (exact) mass is 237 g/mol. The van der Waals surface area contributed by atoms with Crippen molar-refractivity contribution in [3.05, 3.63) is 23.0 Å². The van der Waals surface area contributed by atoms with Crippen LogP contribution in [0.1, 0.15) is 20.8 Å². The minimum Gasteiger partial charge on any atom is -0.387 e. The highest BCUT2D eigenvalue weighted by molar-refractivity contribution is 5.95. The van der Waals surface area contributed by atoms with Crippen LogP contribution in [-0.4, -0.2) is 32.0 Å². The van der Waals surface area contributed by atoms with Crippen molar-refractivity contribution in [2.75, 3.05) is 13.6 Å². The summed E-state index contributed by atoms with van der Waals surface area (Å²) in [7, 11) is 1.76. The molecule has 0 rings (SSSR count). The molecule has 0 radical (unpaired) electrons. The normalized spacial score (nSPS) is 13.3. The van der Waals surface area contributed by atoms with E-state index in [1.165, 1.54) is 6.92 Å². The number of hydrogen-bond donors (Lipinski definition) is 2. The molecule has 5 heteroatoms. The summed E-state index contributed by atoms with van der Waals surface area (Å²) in [6.45, 7) is 5.32. The zero-order valence-corrected chi connectivity index (χ0v) is 10.7. The Morgan fingerprint density at radius 2 is 2.00 bits per heavy atom. The van der Waals surface area contributed by atoms with Crippen molar-refractivity contribution in [2.24, 2.45) is 4.99 Å². The second-order valence-corrected chi connectivity index (χ2v) is 3.36. The van der Waals surface area contributed by atoms with Gasteiger partial charge < -0.3 is 10.6 Å². The Morgan fingerprint density at radius 1 is 1.35 bits per heavy atom. The molecule has 0 aromatic heterocycles. The van der Waals surface area contributed by atoms with Crippen molar-refractivity contribution in [1.82, 2.24) is 10.6 Å². The van der Waals surface area contributed by atoms with Crippen LogP contribution >= 0.6 is 0 Å². The lowest BCUT2D eigenvalue weighted by molar-refractivity contribution is -0.113. The van der Waals surface area contributed by atoms with Gasteiger partial charge in [-0.25, -0.2) is 0 Å². The highest BCUT2D eigenvalue weighted by Gasteiger charge is 2.10. The largest absolute Gasteiger partial charge is 0.387 e. The number of rotatable bonds is 7. The van der Waals surface area contributed by atoms with Crippen molar-refractivity contribution in [3.63, 3.8) is 0 Å². The Kier molecular flexibility index (Phi) is 7.34. The van der Waals surface area contributed by atoms with Crippen LogP contribution in [0.3, 0.4) is 0 Å². The van der Waals surface area contributed by atoms with E-state index in [0.717, 1.165) is 11.3 Å². The van der Waals surface area contributed by atoms with Crippen LogP contribution in [0, 0.1) is 0 Å². The highest BCUT2D eigenvalue weighted by atomic mass is 16.1. The molecule has 0 spiro atoms. The molecule has 0 saturated carbocycles. The van der Waals surface area contributed by atoms with Gasteiger partial charge in [0, 0.05) is 31.6 Å². The number of nitrogens with zero attached hydrogens (tertiary/aromatic N) is 1. The number of carbonyl (C=O) groups is 2. The van der Waals surface area contributed by atoms with E-state index in [2.05, 4.69) is 15.6 Å². The van der Waals surface area contributed by atoms with Gasteiger partial charge in [-0.15, -0.1) is 0 Å². The lowest BCUT2D eigenvalue weighted by atomic mass is 10.0. The number of aliphatic imine (C=N–C) groups is 1. The number of ketones is 1. The van der Waals surface area contributed by atoms with Gasteiger partial charge in [-0.3, -0.25) is 14.6 Å². The maximum Gasteiger partial charge on any atom is 0.207 e. The van der Waals surface area contributed by atoms with E-state index in [1.807, 2.05) is 13.8 Å². The molecule has 0 aromatic carbocycles. The molecule has 0 unspecified atom stereocenters. The lowest BCUT2D eigenvalue weighted by Crippen LogP contribution is -2.21. The zero-order chi connectivity index (χ0) is 13.3. The molecule has 0 saturated heterocycles. The first kappa shape index (κ1) is 15.1. The van der Waals surface area contributed by atoms with Crippen LogP contribution in [0.25, 0.3) is 0 Å². The third-order valence-electron chi connectivity index (χ3n) is 2.27. The van der Waals surface area contributed by atoms with E-state index in [0.29, 0.717) is 12.0 Å². The Hall–Kier alpha value is -1.91. The number of likely N-dealkylation sites (N-methyl/N-ethyl adjacent to an activating group) is 1. The van der Waals surface area contributed by atoms with Gasteiger partial charge in [-0.2, -0.15) is 0 Å². The fourth-order valence-corrected chi connectivity index (χ4v) is 1.33. The average Bonchev–Trinajstić information content (AvgIpc) is 2.30. The standard InChI is InChI=1S/C12H19N3O2/c1-5-14-7-12(13-4)9(2)11(10(3)17)6-15-8-16/h5,7-8,13H,6H2,1-4H3,(H,15,16)/b11-9-,12-7-,14-5-. The molecule has 0 aromatic rings. The van der Waals surface area contributed by atoms with Gasteiger partial charge in [-0.05, 0) is 26.3 Å². The summed E-state index contributed by atoms with van der Waals surface area (Å²) in [6, 6.07) is 0. The fraction of sp³-hybridized carbons (Fsp3) is 0.417. The third kappa shape index (κ3) is 5.10. The molecule has 2 N–H and O–H groups in total. The molecule has 5 nitrogen and oxygen atoms in total. The van der Waals surface area contributed by atoms with Crippen LogP contribution in [0.15, 0.2) is 28.0 Å². The van der Waals surface area contributed by atoms with Gasteiger partial charge >= 0.3 is 0 Å². The molecular weight excluding hydrogens is 218 g/mol. The molecular formula is C12H19N3O2. The van der Waals surface area contributed by atoms with E-state index in [1.54, 1.807) is 19.5 Å². The minimum absolute atomic E-state index is 0.0709. The molecule has 0 bridgehead atoms. The number of allylic oxidation sites excluding steroid dienone is 1. The van der Waals surface area contributed by atoms with Gasteiger partial charge in [-0.1, -0.05) is 0 Å². The molecule has 0 aliphatic carbocycles. The van der Waals surface area contributed by atoms with Crippen molar-refractivity contribution in [1.29, 1.82) is 0 Å². The quantitative estimate of drug-likeness (QED) is 0.298. The Balaban J connectivity index is 5.27. The van der Waals surface area contributed by atoms with Crippen molar-refractivity contribution in [2.45, 2.75) is 20.8 Å². The maximum absolute atomic E-state index is 11.5. The Morgan fingerprint density at radius 3 is 2.41 bits per heavy atom. The molecule has 94 valence electrons. The zero-order valence-electron chi connectivity index (χ0n) is 10.7. The van der Waals surface area contributed by atoms with Gasteiger partial charge in [0.05, 0.1) is 5.70 Å². The van der Waals surface area contributed by atoms with Gasteiger partial charge in [0.25, 0.3) is 0 Å². The summed E-state index contributed by atoms with van der Waals surface area (Å²) in [4.78, 5) is 25.7. The molecule has 0 fully saturated rings. The topological polar surface area (TPSA) is 70.6 Å². The Labute approximate surface area is 102 Å². The first-order chi connectivity index (χ1) is 8.08. The second-order valence-electron chi connectivity index (χ2n) is 3.36. The third-order valence-corrected chi connectivity index (χ3v) is 2.27. The van der Waals surface area contributed by atoms with Crippen molar-refractivity contribution >= 4 is 18.4 Å².